The first kappa shape index (κ1) is 13.2. The number of nitrogens with zero attached hydrogens (tertiary/aromatic N) is 3. The van der Waals surface area contributed by atoms with E-state index in [0.29, 0.717) is 0 Å². The number of amides is 1. The van der Waals surface area contributed by atoms with E-state index in [1.54, 1.807) is 0 Å². The van der Waals surface area contributed by atoms with Crippen LogP contribution in [0.5, 0.6) is 0 Å². The average molecular weight is 269 g/mol. The summed E-state index contributed by atoms with van der Waals surface area (Å²) in [6, 6.07) is 0. The molecular formula is C11H19N5OS. The predicted octanol–water partition coefficient (Wildman–Crippen LogP) is 0.667. The van der Waals surface area contributed by atoms with Gasteiger partial charge in [-0.1, -0.05) is 4.49 Å². The third-order valence-electron chi connectivity index (χ3n) is 3.26. The van der Waals surface area contributed by atoms with E-state index < -0.39 is 0 Å². The summed E-state index contributed by atoms with van der Waals surface area (Å²) in [4.78, 5) is 13.4. The molecule has 3 N–H and O–H groups in total. The number of carbonyl (C=O) groups is 1. The molecule has 7 heteroatoms. The SMILES string of the molecule is CCNc1snnc1CN1CCC(C(N)=O)CC1. The Balaban J connectivity index is 1.87. The molecule has 0 atom stereocenters. The third kappa shape index (κ3) is 3.17. The van der Waals surface area contributed by atoms with Crippen LogP contribution in [0.4, 0.5) is 5.00 Å². The lowest BCUT2D eigenvalue weighted by Crippen LogP contribution is -2.38. The number of anilines is 1. The van der Waals surface area contributed by atoms with Crippen LogP contribution >= 0.6 is 11.5 Å². The Kier molecular flexibility index (Phi) is 4.48. The van der Waals surface area contributed by atoms with Gasteiger partial charge < -0.3 is 11.1 Å². The zero-order chi connectivity index (χ0) is 13.0. The molecule has 100 valence electrons. The molecule has 0 aliphatic carbocycles. The zero-order valence-corrected chi connectivity index (χ0v) is 11.4. The summed E-state index contributed by atoms with van der Waals surface area (Å²) in [7, 11) is 0. The van der Waals surface area contributed by atoms with Gasteiger partial charge in [-0.15, -0.1) is 5.10 Å². The molecule has 1 aliphatic rings. The van der Waals surface area contributed by atoms with Gasteiger partial charge in [0.05, 0.1) is 0 Å². The van der Waals surface area contributed by atoms with Crippen LogP contribution in [0.15, 0.2) is 0 Å². The maximum atomic E-state index is 11.1. The topological polar surface area (TPSA) is 84.1 Å². The molecule has 1 aliphatic heterocycles. The summed E-state index contributed by atoms with van der Waals surface area (Å²) in [6.07, 6.45) is 1.70. The van der Waals surface area contributed by atoms with Crippen LogP contribution in [0, 0.1) is 5.92 Å². The molecule has 1 aromatic heterocycles. The molecule has 1 aromatic rings. The van der Waals surface area contributed by atoms with Gasteiger partial charge in [-0.2, -0.15) is 0 Å². The molecule has 2 heterocycles. The second-order valence-corrected chi connectivity index (χ2v) is 5.29. The second kappa shape index (κ2) is 6.10. The smallest absolute Gasteiger partial charge is 0.220 e. The van der Waals surface area contributed by atoms with Crippen molar-refractivity contribution in [3.8, 4) is 0 Å². The standard InChI is InChI=1S/C11H19N5OS/c1-2-13-11-9(14-15-18-11)7-16-5-3-8(4-6-16)10(12)17/h8,13H,2-7H2,1H3,(H2,12,17). The molecule has 18 heavy (non-hydrogen) atoms. The van der Waals surface area contributed by atoms with E-state index in [1.165, 1.54) is 11.5 Å². The fourth-order valence-electron chi connectivity index (χ4n) is 2.19. The Morgan fingerprint density at radius 3 is 2.89 bits per heavy atom. The Bertz CT molecular complexity index is 400. The summed E-state index contributed by atoms with van der Waals surface area (Å²) in [5.41, 5.74) is 6.32. The van der Waals surface area contributed by atoms with Crippen molar-refractivity contribution >= 4 is 22.4 Å². The van der Waals surface area contributed by atoms with E-state index >= 15 is 0 Å². The largest absolute Gasteiger partial charge is 0.374 e. The number of hydrogen-bond acceptors (Lipinski definition) is 6. The number of likely N-dealkylation sites (tertiary alicyclic amines) is 1. The molecule has 1 fully saturated rings. The number of nitrogens with one attached hydrogen (secondary N) is 1. The number of nitrogens with two attached hydrogens (primary N) is 1. The summed E-state index contributed by atoms with van der Waals surface area (Å²) >= 11 is 1.40. The number of piperidine rings is 1. The van der Waals surface area contributed by atoms with Crippen molar-refractivity contribution in [2.24, 2.45) is 11.7 Å². The fourth-order valence-corrected chi connectivity index (χ4v) is 2.83. The third-order valence-corrected chi connectivity index (χ3v) is 3.98. The van der Waals surface area contributed by atoms with Crippen molar-refractivity contribution in [2.45, 2.75) is 26.3 Å². The molecule has 0 radical (unpaired) electrons. The van der Waals surface area contributed by atoms with Gasteiger partial charge in [-0.3, -0.25) is 9.69 Å². The second-order valence-electron chi connectivity index (χ2n) is 4.53. The lowest BCUT2D eigenvalue weighted by Gasteiger charge is -2.29. The Labute approximate surface area is 111 Å². The van der Waals surface area contributed by atoms with Crippen molar-refractivity contribution < 1.29 is 4.79 Å². The highest BCUT2D eigenvalue weighted by Crippen LogP contribution is 2.22. The maximum absolute atomic E-state index is 11.1. The predicted molar refractivity (Wildman–Crippen MR) is 71.3 cm³/mol. The fraction of sp³-hybridized carbons (Fsp3) is 0.727. The zero-order valence-electron chi connectivity index (χ0n) is 10.6. The molecule has 0 saturated carbocycles. The highest BCUT2D eigenvalue weighted by molar-refractivity contribution is 7.10. The molecule has 1 saturated heterocycles. The van der Waals surface area contributed by atoms with Gasteiger partial charge in [0, 0.05) is 30.5 Å². The van der Waals surface area contributed by atoms with E-state index in [1.807, 2.05) is 0 Å². The van der Waals surface area contributed by atoms with Gasteiger partial charge in [-0.25, -0.2) is 0 Å². The van der Waals surface area contributed by atoms with Crippen molar-refractivity contribution in [1.29, 1.82) is 0 Å². The number of aromatic nitrogens is 2. The van der Waals surface area contributed by atoms with Crippen molar-refractivity contribution in [3.63, 3.8) is 0 Å². The number of carbonyl (C=O) groups excluding carboxylic acids is 1. The first-order valence-corrected chi connectivity index (χ1v) is 7.04. The van der Waals surface area contributed by atoms with Crippen LogP contribution in [0.2, 0.25) is 0 Å². The van der Waals surface area contributed by atoms with Crippen LogP contribution in [0.1, 0.15) is 25.5 Å². The van der Waals surface area contributed by atoms with Crippen LogP contribution in [0.3, 0.4) is 0 Å². The molecule has 6 nitrogen and oxygen atoms in total. The number of rotatable bonds is 5. The molecule has 0 aromatic carbocycles. The van der Waals surface area contributed by atoms with E-state index in [-0.39, 0.29) is 11.8 Å². The normalized spacial score (nSPS) is 17.8. The maximum Gasteiger partial charge on any atom is 0.220 e. The van der Waals surface area contributed by atoms with Crippen molar-refractivity contribution in [2.75, 3.05) is 25.0 Å². The lowest BCUT2D eigenvalue weighted by atomic mass is 9.96. The molecule has 0 bridgehead atoms. The van der Waals surface area contributed by atoms with Crippen LogP contribution in [-0.2, 0) is 11.3 Å². The van der Waals surface area contributed by atoms with Gasteiger partial charge in [0.2, 0.25) is 5.91 Å². The Morgan fingerprint density at radius 1 is 1.56 bits per heavy atom. The van der Waals surface area contributed by atoms with Gasteiger partial charge in [-0.05, 0) is 32.9 Å². The first-order valence-electron chi connectivity index (χ1n) is 6.27. The molecule has 2 rings (SSSR count). The van der Waals surface area contributed by atoms with Crippen LogP contribution < -0.4 is 11.1 Å². The quantitative estimate of drug-likeness (QED) is 0.820. The number of hydrogen-bond donors (Lipinski definition) is 2. The van der Waals surface area contributed by atoms with Crippen molar-refractivity contribution in [1.82, 2.24) is 14.5 Å². The van der Waals surface area contributed by atoms with E-state index in [9.17, 15) is 4.79 Å². The van der Waals surface area contributed by atoms with Crippen LogP contribution in [-0.4, -0.2) is 40.0 Å². The molecule has 0 unspecified atom stereocenters. The van der Waals surface area contributed by atoms with Crippen LogP contribution in [0.25, 0.3) is 0 Å². The number of primary amides is 1. The molecule has 1 amide bonds. The minimum atomic E-state index is -0.168. The summed E-state index contributed by atoms with van der Waals surface area (Å²) in [5.74, 6) is -0.124. The summed E-state index contributed by atoms with van der Waals surface area (Å²) < 4.78 is 3.98. The highest BCUT2D eigenvalue weighted by atomic mass is 32.1. The Hall–Kier alpha value is -1.21. The molecule has 0 spiro atoms. The van der Waals surface area contributed by atoms with Gasteiger partial charge >= 0.3 is 0 Å². The average Bonchev–Trinajstić information content (AvgIpc) is 2.78. The molecular weight excluding hydrogens is 250 g/mol. The monoisotopic (exact) mass is 269 g/mol. The minimum Gasteiger partial charge on any atom is -0.374 e. The van der Waals surface area contributed by atoms with E-state index in [2.05, 4.69) is 26.7 Å². The Morgan fingerprint density at radius 2 is 2.28 bits per heavy atom. The van der Waals surface area contributed by atoms with E-state index in [0.717, 1.165) is 49.7 Å². The van der Waals surface area contributed by atoms with Crippen molar-refractivity contribution in [3.05, 3.63) is 5.69 Å². The summed E-state index contributed by atoms with van der Waals surface area (Å²) in [5, 5.41) is 8.47. The van der Waals surface area contributed by atoms with Gasteiger partial charge in [0.15, 0.2) is 0 Å². The van der Waals surface area contributed by atoms with Gasteiger partial charge in [0.1, 0.15) is 10.7 Å². The lowest BCUT2D eigenvalue weighted by molar-refractivity contribution is -0.123. The van der Waals surface area contributed by atoms with E-state index in [4.69, 9.17) is 5.73 Å². The van der Waals surface area contributed by atoms with Gasteiger partial charge in [0.25, 0.3) is 0 Å². The minimum absolute atomic E-state index is 0.0445. The summed E-state index contributed by atoms with van der Waals surface area (Å²) in [6.45, 7) is 5.53. The highest BCUT2D eigenvalue weighted by Gasteiger charge is 2.24. The first-order chi connectivity index (χ1) is 8.70.